The van der Waals surface area contributed by atoms with E-state index in [0.717, 1.165) is 22.2 Å². The van der Waals surface area contributed by atoms with E-state index in [2.05, 4.69) is 20.7 Å². The van der Waals surface area contributed by atoms with Gasteiger partial charge in [0.1, 0.15) is 12.6 Å². The van der Waals surface area contributed by atoms with E-state index in [1.165, 1.54) is 32.2 Å². The van der Waals surface area contributed by atoms with E-state index in [1.54, 1.807) is 24.3 Å². The highest BCUT2D eigenvalue weighted by molar-refractivity contribution is 9.10. The molecule has 11 heteroatoms. The second-order valence-corrected chi connectivity index (χ2v) is 9.15. The first-order valence-corrected chi connectivity index (χ1v) is 12.0. The number of hydrogen-bond acceptors (Lipinski definition) is 8. The van der Waals surface area contributed by atoms with E-state index in [-0.39, 0.29) is 17.1 Å². The molecule has 3 rings (SSSR count). The number of hydrogen-bond donors (Lipinski definition) is 1. The maximum absolute atomic E-state index is 12.8. The Morgan fingerprint density at radius 1 is 1.17 bits per heavy atom. The third-order valence-corrected chi connectivity index (χ3v) is 6.44. The van der Waals surface area contributed by atoms with Crippen LogP contribution in [0.3, 0.4) is 0 Å². The molecule has 0 spiro atoms. The van der Waals surface area contributed by atoms with E-state index in [4.69, 9.17) is 14.6 Å². The molecule has 0 saturated carbocycles. The Hall–Kier alpha value is -3.31. The number of halogens is 1. The number of aromatic carboxylic acids is 1. The molecule has 9 nitrogen and oxygen atoms in total. The number of carboxylic acid groups (broad SMARTS) is 1. The third kappa shape index (κ3) is 6.04. The van der Waals surface area contributed by atoms with Gasteiger partial charge in [0.25, 0.3) is 11.1 Å². The molecule has 1 heterocycles. The zero-order valence-electron chi connectivity index (χ0n) is 19.1. The van der Waals surface area contributed by atoms with Crippen LogP contribution in [-0.2, 0) is 20.9 Å². The quantitative estimate of drug-likeness (QED) is 0.341. The minimum atomic E-state index is -1.04. The number of benzene rings is 2. The summed E-state index contributed by atoms with van der Waals surface area (Å²) in [5.74, 6) is -1.44. The Balaban J connectivity index is 1.84. The monoisotopic (exact) mass is 563 g/mol. The van der Waals surface area contributed by atoms with Crippen LogP contribution in [0.5, 0.6) is 11.5 Å². The Morgan fingerprint density at radius 3 is 2.46 bits per heavy atom. The normalized spacial score (nSPS) is 15.3. The number of esters is 1. The van der Waals surface area contributed by atoms with Crippen molar-refractivity contribution in [2.24, 2.45) is 0 Å². The molecule has 0 aromatic heterocycles. The lowest BCUT2D eigenvalue weighted by Gasteiger charge is -2.18. The number of rotatable bonds is 9. The summed E-state index contributed by atoms with van der Waals surface area (Å²) >= 11 is 4.20. The van der Waals surface area contributed by atoms with Gasteiger partial charge in [-0.05, 0) is 83.0 Å². The Bertz CT molecular complexity index is 1190. The highest BCUT2D eigenvalue weighted by Gasteiger charge is 2.41. The van der Waals surface area contributed by atoms with E-state index in [0.29, 0.717) is 28.1 Å². The van der Waals surface area contributed by atoms with Crippen molar-refractivity contribution in [2.45, 2.75) is 26.5 Å². The van der Waals surface area contributed by atoms with Gasteiger partial charge in [-0.25, -0.2) is 9.59 Å². The first kappa shape index (κ1) is 26.3. The summed E-state index contributed by atoms with van der Waals surface area (Å²) < 4.78 is 16.8. The molecule has 35 heavy (non-hydrogen) atoms. The molecule has 1 aliphatic heterocycles. The summed E-state index contributed by atoms with van der Waals surface area (Å²) in [6.45, 7) is 3.76. The molecule has 184 valence electrons. The largest absolute Gasteiger partial charge is 0.490 e. The molecule has 1 saturated heterocycles. The molecule has 0 radical (unpaired) electrons. The van der Waals surface area contributed by atoms with Gasteiger partial charge in [-0.3, -0.25) is 14.5 Å². The van der Waals surface area contributed by atoms with E-state index >= 15 is 0 Å². The van der Waals surface area contributed by atoms with E-state index < -0.39 is 29.1 Å². The molecule has 0 unspecified atom stereocenters. The van der Waals surface area contributed by atoms with Gasteiger partial charge in [0.2, 0.25) is 0 Å². The fraction of sp³-hybridized carbons (Fsp3) is 0.250. The highest BCUT2D eigenvalue weighted by atomic mass is 79.9. The Labute approximate surface area is 214 Å². The number of carbonyl (C=O) groups excluding carboxylic acids is 3. The van der Waals surface area contributed by atoms with Crippen molar-refractivity contribution in [1.29, 1.82) is 0 Å². The average Bonchev–Trinajstić information content (AvgIpc) is 3.10. The van der Waals surface area contributed by atoms with Crippen LogP contribution >= 0.6 is 27.7 Å². The zero-order valence-corrected chi connectivity index (χ0v) is 21.5. The summed E-state index contributed by atoms with van der Waals surface area (Å²) in [6.07, 6.45) is 1.54. The van der Waals surface area contributed by atoms with Crippen molar-refractivity contribution in [3.05, 3.63) is 62.5 Å². The van der Waals surface area contributed by atoms with Crippen molar-refractivity contribution in [3.63, 3.8) is 0 Å². The van der Waals surface area contributed by atoms with Gasteiger partial charge in [0.05, 0.1) is 28.7 Å². The Kier molecular flexibility index (Phi) is 8.57. The lowest BCUT2D eigenvalue weighted by Crippen LogP contribution is -2.42. The average molecular weight is 564 g/mol. The summed E-state index contributed by atoms with van der Waals surface area (Å²) in [4.78, 5) is 49.0. The SMILES string of the molecule is CCOc1cc(/C=C2/SC(=O)N([C@H](C)C(=O)OC)C2=O)cc(Br)c1OCc1ccc(C(=O)O)cc1. The number of ether oxygens (including phenoxy) is 3. The number of methoxy groups -OCH3 is 1. The van der Waals surface area contributed by atoms with E-state index in [1.807, 2.05) is 6.92 Å². The minimum Gasteiger partial charge on any atom is -0.490 e. The molecule has 2 aromatic rings. The first-order valence-electron chi connectivity index (χ1n) is 10.4. The van der Waals surface area contributed by atoms with Crippen molar-refractivity contribution in [1.82, 2.24) is 4.90 Å². The molecule has 1 fully saturated rings. The van der Waals surface area contributed by atoms with Crippen molar-refractivity contribution in [3.8, 4) is 11.5 Å². The first-order chi connectivity index (χ1) is 16.7. The molecule has 1 atom stereocenters. The Morgan fingerprint density at radius 2 is 1.86 bits per heavy atom. The second-order valence-electron chi connectivity index (χ2n) is 7.30. The number of nitrogens with zero attached hydrogens (tertiary/aromatic N) is 1. The molecule has 2 aromatic carbocycles. The maximum atomic E-state index is 12.8. The highest BCUT2D eigenvalue weighted by Crippen LogP contribution is 2.40. The van der Waals surface area contributed by atoms with Gasteiger partial charge >= 0.3 is 11.9 Å². The van der Waals surface area contributed by atoms with Gasteiger partial charge in [-0.1, -0.05) is 12.1 Å². The lowest BCUT2D eigenvalue weighted by atomic mass is 10.1. The van der Waals surface area contributed by atoms with Gasteiger partial charge in [0, 0.05) is 0 Å². The molecule has 0 bridgehead atoms. The minimum absolute atomic E-state index is 0.160. The predicted octanol–water partition coefficient (Wildman–Crippen LogP) is 4.72. The maximum Gasteiger partial charge on any atom is 0.335 e. The van der Waals surface area contributed by atoms with Gasteiger partial charge < -0.3 is 19.3 Å². The summed E-state index contributed by atoms with van der Waals surface area (Å²) in [6, 6.07) is 8.67. The number of carbonyl (C=O) groups is 4. The van der Waals surface area contributed by atoms with Crippen molar-refractivity contribution in [2.75, 3.05) is 13.7 Å². The van der Waals surface area contributed by atoms with Gasteiger partial charge in [0.15, 0.2) is 11.5 Å². The third-order valence-electron chi connectivity index (χ3n) is 4.97. The van der Waals surface area contributed by atoms with Crippen LogP contribution in [-0.4, -0.2) is 52.8 Å². The van der Waals surface area contributed by atoms with E-state index in [9.17, 15) is 19.2 Å². The zero-order chi connectivity index (χ0) is 25.7. The summed E-state index contributed by atoms with van der Waals surface area (Å²) in [5, 5.41) is 8.47. The van der Waals surface area contributed by atoms with Gasteiger partial charge in [-0.2, -0.15) is 0 Å². The molecule has 1 aliphatic rings. The van der Waals surface area contributed by atoms with Crippen LogP contribution in [0.1, 0.15) is 35.3 Å². The smallest absolute Gasteiger partial charge is 0.335 e. The topological polar surface area (TPSA) is 119 Å². The van der Waals surface area contributed by atoms with Crippen LogP contribution in [0.25, 0.3) is 6.08 Å². The molecule has 2 amide bonds. The molecule has 1 N–H and O–H groups in total. The van der Waals surface area contributed by atoms with Gasteiger partial charge in [-0.15, -0.1) is 0 Å². The lowest BCUT2D eigenvalue weighted by molar-refractivity contribution is -0.148. The van der Waals surface area contributed by atoms with Crippen LogP contribution < -0.4 is 9.47 Å². The second kappa shape index (κ2) is 11.4. The fourth-order valence-corrected chi connectivity index (χ4v) is 4.70. The number of amides is 2. The standard InChI is InChI=1S/C24H22BrNO8S/c1-4-33-18-10-15(11-19-21(27)26(24(31)35-19)13(2)23(30)32-3)9-17(25)20(18)34-12-14-5-7-16(8-6-14)22(28)29/h5-11,13H,4,12H2,1-3H3,(H,28,29)/b19-11+/t13-/m1/s1. The van der Waals surface area contributed by atoms with Crippen LogP contribution in [0, 0.1) is 0 Å². The predicted molar refractivity (Wildman–Crippen MR) is 132 cm³/mol. The number of carboxylic acids is 1. The van der Waals surface area contributed by atoms with Crippen molar-refractivity contribution < 1.29 is 38.5 Å². The van der Waals surface area contributed by atoms with Crippen LogP contribution in [0.4, 0.5) is 4.79 Å². The molecular weight excluding hydrogens is 542 g/mol. The number of imide groups is 1. The number of thioether (sulfide) groups is 1. The van der Waals surface area contributed by atoms with Crippen LogP contribution in [0.2, 0.25) is 0 Å². The van der Waals surface area contributed by atoms with Crippen molar-refractivity contribution >= 4 is 56.9 Å². The fourth-order valence-electron chi connectivity index (χ4n) is 3.21. The molecular formula is C24H22BrNO8S. The summed E-state index contributed by atoms with van der Waals surface area (Å²) in [5.41, 5.74) is 1.52. The van der Waals surface area contributed by atoms with Crippen LogP contribution in [0.15, 0.2) is 45.8 Å². The molecule has 0 aliphatic carbocycles. The summed E-state index contributed by atoms with van der Waals surface area (Å²) in [7, 11) is 1.19.